The highest BCUT2D eigenvalue weighted by molar-refractivity contribution is 5.39. The van der Waals surface area contributed by atoms with Crippen LogP contribution in [-0.2, 0) is 0 Å². The lowest BCUT2D eigenvalue weighted by molar-refractivity contribution is 1.23. The molecule has 0 spiro atoms. The van der Waals surface area contributed by atoms with E-state index in [1.54, 1.807) is 48.5 Å². The summed E-state index contributed by atoms with van der Waals surface area (Å²) in [6.45, 7) is 0. The summed E-state index contributed by atoms with van der Waals surface area (Å²) in [5.74, 6) is 0. The third kappa shape index (κ3) is 2.26. The molecule has 2 aromatic rings. The van der Waals surface area contributed by atoms with Gasteiger partial charge in [-0.25, -0.2) is 0 Å². The van der Waals surface area contributed by atoms with Crippen LogP contribution in [0.1, 0.15) is 2.74 Å². The van der Waals surface area contributed by atoms with Gasteiger partial charge >= 0.3 is 0 Å². The molecule has 0 unspecified atom stereocenters. The van der Waals surface area contributed by atoms with Crippen LogP contribution in [0.25, 0.3) is 0 Å². The average Bonchev–Trinajstić information content (AvgIpc) is 2.30. The van der Waals surface area contributed by atoms with Crippen LogP contribution in [0.5, 0.6) is 0 Å². The maximum atomic E-state index is 7.32. The van der Waals surface area contributed by atoms with E-state index in [1.807, 2.05) is 0 Å². The van der Waals surface area contributed by atoms with E-state index in [0.29, 0.717) is 23.5 Å². The van der Waals surface area contributed by atoms with E-state index < -0.39 is 0 Å². The van der Waals surface area contributed by atoms with Crippen LogP contribution in [0.3, 0.4) is 0 Å². The maximum absolute atomic E-state index is 7.32. The van der Waals surface area contributed by atoms with Gasteiger partial charge in [-0.1, -0.05) is 36.4 Å². The Balaban J connectivity index is 2.15. The van der Waals surface area contributed by atoms with E-state index in [4.69, 9.17) is 2.74 Å². The van der Waals surface area contributed by atoms with Crippen LogP contribution in [0.4, 0.5) is 11.4 Å². The number of rotatable bonds is 2. The number of nitrogens with zero attached hydrogens (tertiary/aromatic N) is 2. The summed E-state index contributed by atoms with van der Waals surface area (Å²) in [4.78, 5) is 0. The summed E-state index contributed by atoms with van der Waals surface area (Å²) >= 11 is 0. The molecule has 0 aliphatic heterocycles. The zero-order valence-electron chi connectivity index (χ0n) is 9.51. The van der Waals surface area contributed by atoms with Crippen molar-refractivity contribution in [2.45, 2.75) is 0 Å². The molecular formula is C12H10N2. The molecule has 0 aliphatic carbocycles. The van der Waals surface area contributed by atoms with E-state index in [1.165, 1.54) is 0 Å². The second-order valence-electron chi connectivity index (χ2n) is 2.72. The molecule has 2 nitrogen and oxygen atoms in total. The van der Waals surface area contributed by atoms with Gasteiger partial charge in [0.1, 0.15) is 0 Å². The zero-order chi connectivity index (χ0) is 11.4. The minimum atomic E-state index is 0.456. The topological polar surface area (TPSA) is 24.7 Å². The Kier molecular flexibility index (Phi) is 2.00. The van der Waals surface area contributed by atoms with Gasteiger partial charge in [0.2, 0.25) is 0 Å². The van der Waals surface area contributed by atoms with Crippen molar-refractivity contribution in [2.75, 3.05) is 0 Å². The smallest absolute Gasteiger partial charge is 0.0857 e. The second-order valence-corrected chi connectivity index (χ2v) is 2.72. The summed E-state index contributed by atoms with van der Waals surface area (Å²) in [5.41, 5.74) is 1.43. The van der Waals surface area contributed by atoms with Crippen LogP contribution < -0.4 is 0 Å². The third-order valence-corrected chi connectivity index (χ3v) is 1.68. The van der Waals surface area contributed by atoms with Crippen molar-refractivity contribution in [3.8, 4) is 0 Å². The predicted molar refractivity (Wildman–Crippen MR) is 57.1 cm³/mol. The summed E-state index contributed by atoms with van der Waals surface area (Å²) < 4.78 is 14.6. The Labute approximate surface area is 85.7 Å². The molecule has 0 atom stereocenters. The molecule has 2 aromatic carbocycles. The quantitative estimate of drug-likeness (QED) is 0.628. The van der Waals surface area contributed by atoms with Crippen molar-refractivity contribution in [1.29, 1.82) is 0 Å². The van der Waals surface area contributed by atoms with E-state index in [-0.39, 0.29) is 0 Å². The fraction of sp³-hybridized carbons (Fsp3) is 0. The minimum Gasteiger partial charge on any atom is -0.151 e. The highest BCUT2D eigenvalue weighted by Crippen LogP contribution is 2.16. The van der Waals surface area contributed by atoms with Gasteiger partial charge in [-0.3, -0.25) is 0 Å². The molecule has 0 aliphatic rings. The molecule has 0 N–H and O–H groups in total. The Morgan fingerprint density at radius 1 is 0.714 bits per heavy atom. The summed E-state index contributed by atoms with van der Waals surface area (Å²) in [6.07, 6.45) is 0. The Morgan fingerprint density at radius 3 is 1.43 bits per heavy atom. The molecule has 0 fully saturated rings. The molecule has 0 radical (unpaired) electrons. The number of azo groups is 1. The largest absolute Gasteiger partial charge is 0.151 e. The van der Waals surface area contributed by atoms with Crippen LogP contribution in [0.15, 0.2) is 70.8 Å². The molecule has 0 heterocycles. The first-order valence-electron chi connectivity index (χ1n) is 5.29. The molecule has 2 heteroatoms. The molecular weight excluding hydrogens is 172 g/mol. The summed E-state index contributed by atoms with van der Waals surface area (Å²) in [6, 6.07) is 14.5. The standard InChI is InChI=1S/C12H10N2/c1-3-7-11(8-4-1)13-14-12-9-5-2-6-10-12/h1-10H/i1D,2D. The number of hydrogen-bond donors (Lipinski definition) is 0. The van der Waals surface area contributed by atoms with E-state index >= 15 is 0 Å². The van der Waals surface area contributed by atoms with Crippen LogP contribution >= 0.6 is 0 Å². The van der Waals surface area contributed by atoms with Gasteiger partial charge < -0.3 is 0 Å². The molecule has 14 heavy (non-hydrogen) atoms. The highest BCUT2D eigenvalue weighted by atomic mass is 15.1. The fourth-order valence-electron chi connectivity index (χ4n) is 1.00. The summed E-state index contributed by atoms with van der Waals surface area (Å²) in [5, 5.41) is 8.06. The van der Waals surface area contributed by atoms with Crippen LogP contribution in [0.2, 0.25) is 0 Å². The van der Waals surface area contributed by atoms with Gasteiger partial charge in [0.25, 0.3) is 0 Å². The lowest BCUT2D eigenvalue weighted by atomic mass is 10.3. The summed E-state index contributed by atoms with van der Waals surface area (Å²) in [7, 11) is 0. The normalized spacial score (nSPS) is 12.6. The lowest BCUT2D eigenvalue weighted by Crippen LogP contribution is -1.62. The fourth-order valence-corrected chi connectivity index (χ4v) is 1.00. The van der Waals surface area contributed by atoms with E-state index in [0.717, 1.165) is 0 Å². The first kappa shape index (κ1) is 6.49. The lowest BCUT2D eigenvalue weighted by Gasteiger charge is -1.91. The van der Waals surface area contributed by atoms with Crippen LogP contribution in [-0.4, -0.2) is 0 Å². The monoisotopic (exact) mass is 184 g/mol. The molecule has 0 saturated heterocycles. The Hall–Kier alpha value is -1.96. The van der Waals surface area contributed by atoms with Gasteiger partial charge in [-0.05, 0) is 24.3 Å². The average molecular weight is 184 g/mol. The minimum absolute atomic E-state index is 0.456. The number of benzene rings is 2. The van der Waals surface area contributed by atoms with Crippen molar-refractivity contribution in [3.63, 3.8) is 0 Å². The molecule has 0 saturated carbocycles. The molecule has 0 aromatic heterocycles. The SMILES string of the molecule is [2H]c1ccc(N=Nc2ccc([2H])cc2)cc1. The Morgan fingerprint density at radius 2 is 1.07 bits per heavy atom. The number of hydrogen-bond acceptors (Lipinski definition) is 2. The molecule has 2 rings (SSSR count). The third-order valence-electron chi connectivity index (χ3n) is 1.68. The van der Waals surface area contributed by atoms with E-state index in [9.17, 15) is 0 Å². The van der Waals surface area contributed by atoms with E-state index in [2.05, 4.69) is 10.2 Å². The molecule has 0 bridgehead atoms. The van der Waals surface area contributed by atoms with Gasteiger partial charge in [-0.2, -0.15) is 10.2 Å². The second kappa shape index (κ2) is 4.33. The van der Waals surface area contributed by atoms with Crippen molar-refractivity contribution in [1.82, 2.24) is 0 Å². The first-order valence-corrected chi connectivity index (χ1v) is 4.29. The maximum Gasteiger partial charge on any atom is 0.0857 e. The van der Waals surface area contributed by atoms with Gasteiger partial charge in [-0.15, -0.1) is 0 Å². The van der Waals surface area contributed by atoms with Gasteiger partial charge in [0, 0.05) is 0 Å². The molecule has 0 amide bonds. The van der Waals surface area contributed by atoms with Gasteiger partial charge in [0.15, 0.2) is 0 Å². The van der Waals surface area contributed by atoms with Crippen molar-refractivity contribution < 1.29 is 2.74 Å². The Bertz CT molecular complexity index is 442. The van der Waals surface area contributed by atoms with Crippen molar-refractivity contribution in [2.24, 2.45) is 10.2 Å². The van der Waals surface area contributed by atoms with Crippen molar-refractivity contribution in [3.05, 3.63) is 60.6 Å². The van der Waals surface area contributed by atoms with Crippen LogP contribution in [0, 0.1) is 0 Å². The van der Waals surface area contributed by atoms with Gasteiger partial charge in [0.05, 0.1) is 14.1 Å². The first-order chi connectivity index (χ1) is 7.74. The van der Waals surface area contributed by atoms with Crippen molar-refractivity contribution >= 4 is 11.4 Å². The predicted octanol–water partition coefficient (Wildman–Crippen LogP) is 4.10. The highest BCUT2D eigenvalue weighted by Gasteiger charge is 1.86. The zero-order valence-corrected chi connectivity index (χ0v) is 7.51. The molecule has 68 valence electrons.